The summed E-state index contributed by atoms with van der Waals surface area (Å²) in [5, 5.41) is 4.01. The van der Waals surface area contributed by atoms with E-state index in [0.717, 1.165) is 30.5 Å². The molecule has 3 fully saturated rings. The van der Waals surface area contributed by atoms with Crippen LogP contribution in [0.2, 0.25) is 0 Å². The summed E-state index contributed by atoms with van der Waals surface area (Å²) in [5.41, 5.74) is 1.49. The first-order valence-electron chi connectivity index (χ1n) is 10.9. The Morgan fingerprint density at radius 3 is 2.12 bits per heavy atom. The molecule has 4 rings (SSSR count). The first-order chi connectivity index (χ1) is 12.4. The molecule has 1 aromatic rings. The summed E-state index contributed by atoms with van der Waals surface area (Å²) < 4.78 is 0. The van der Waals surface area contributed by atoms with E-state index in [1.807, 2.05) is 0 Å². The van der Waals surface area contributed by atoms with Crippen molar-refractivity contribution in [1.29, 1.82) is 0 Å². The van der Waals surface area contributed by atoms with Gasteiger partial charge in [0, 0.05) is 31.7 Å². The second kappa shape index (κ2) is 8.68. The van der Waals surface area contributed by atoms with Crippen molar-refractivity contribution in [1.82, 2.24) is 10.2 Å². The topological polar surface area (TPSA) is 15.3 Å². The van der Waals surface area contributed by atoms with Crippen LogP contribution in [0.25, 0.3) is 0 Å². The molecule has 1 saturated heterocycles. The molecule has 2 aliphatic carbocycles. The van der Waals surface area contributed by atoms with Crippen LogP contribution in [-0.4, -0.2) is 30.1 Å². The van der Waals surface area contributed by atoms with E-state index in [4.69, 9.17) is 0 Å². The highest BCUT2D eigenvalue weighted by Gasteiger charge is 2.36. The van der Waals surface area contributed by atoms with Gasteiger partial charge in [0.1, 0.15) is 0 Å². The Kier molecular flexibility index (Phi) is 6.10. The average Bonchev–Trinajstić information content (AvgIpc) is 2.70. The van der Waals surface area contributed by atoms with Crippen LogP contribution in [0.5, 0.6) is 0 Å². The Bertz CT molecular complexity index is 502. The lowest BCUT2D eigenvalue weighted by Gasteiger charge is -2.47. The standard InChI is InChI=1S/C23H36N2/c1-4-10-19(11-5-1)17-25-18-22(20-12-6-2-7-13-20)24-16-23(25)21-14-8-3-9-15-21/h1,4-5,10-11,20-24H,2-3,6-9,12-18H2. The normalized spacial score (nSPS) is 30.4. The SMILES string of the molecule is c1ccc(CN2CC(C3CCCCC3)NCC2C2CCCCC2)cc1. The van der Waals surface area contributed by atoms with Gasteiger partial charge in [-0.2, -0.15) is 0 Å². The molecule has 0 radical (unpaired) electrons. The maximum absolute atomic E-state index is 4.01. The molecule has 0 amide bonds. The van der Waals surface area contributed by atoms with Gasteiger partial charge in [-0.05, 0) is 43.1 Å². The second-order valence-electron chi connectivity index (χ2n) is 8.79. The largest absolute Gasteiger partial charge is 0.311 e. The molecule has 0 aromatic heterocycles. The fourth-order valence-electron chi connectivity index (χ4n) is 5.69. The van der Waals surface area contributed by atoms with Crippen LogP contribution in [0.1, 0.15) is 69.8 Å². The van der Waals surface area contributed by atoms with Crippen molar-refractivity contribution in [2.75, 3.05) is 13.1 Å². The maximum Gasteiger partial charge on any atom is 0.0253 e. The molecular weight excluding hydrogens is 304 g/mol. The summed E-state index contributed by atoms with van der Waals surface area (Å²) in [7, 11) is 0. The predicted octanol–water partition coefficient (Wildman–Crippen LogP) is 4.99. The summed E-state index contributed by atoms with van der Waals surface area (Å²) in [5.74, 6) is 1.83. The lowest BCUT2D eigenvalue weighted by molar-refractivity contribution is 0.0459. The van der Waals surface area contributed by atoms with E-state index < -0.39 is 0 Å². The molecule has 25 heavy (non-hydrogen) atoms. The predicted molar refractivity (Wildman–Crippen MR) is 106 cm³/mol. The van der Waals surface area contributed by atoms with E-state index in [1.54, 1.807) is 0 Å². The van der Waals surface area contributed by atoms with E-state index in [0.29, 0.717) is 0 Å². The zero-order valence-corrected chi connectivity index (χ0v) is 15.8. The fourth-order valence-corrected chi connectivity index (χ4v) is 5.69. The zero-order chi connectivity index (χ0) is 16.9. The van der Waals surface area contributed by atoms with Gasteiger partial charge in [0.25, 0.3) is 0 Å². The highest BCUT2D eigenvalue weighted by atomic mass is 15.2. The highest BCUT2D eigenvalue weighted by molar-refractivity contribution is 5.15. The molecule has 1 aromatic carbocycles. The monoisotopic (exact) mass is 340 g/mol. The van der Waals surface area contributed by atoms with Crippen molar-refractivity contribution in [2.45, 2.75) is 82.8 Å². The van der Waals surface area contributed by atoms with Gasteiger partial charge in [0.2, 0.25) is 0 Å². The number of nitrogens with zero attached hydrogens (tertiary/aromatic N) is 1. The first-order valence-corrected chi connectivity index (χ1v) is 10.9. The van der Waals surface area contributed by atoms with Gasteiger partial charge in [0.15, 0.2) is 0 Å². The second-order valence-corrected chi connectivity index (χ2v) is 8.79. The Labute approximate surface area is 154 Å². The van der Waals surface area contributed by atoms with Gasteiger partial charge in [-0.15, -0.1) is 0 Å². The number of hydrogen-bond donors (Lipinski definition) is 1. The minimum Gasteiger partial charge on any atom is -0.311 e. The van der Waals surface area contributed by atoms with Crippen molar-refractivity contribution in [3.8, 4) is 0 Å². The molecule has 2 atom stereocenters. The molecule has 0 bridgehead atoms. The van der Waals surface area contributed by atoms with Crippen LogP contribution in [0.4, 0.5) is 0 Å². The third-order valence-corrected chi connectivity index (χ3v) is 7.13. The summed E-state index contributed by atoms with van der Waals surface area (Å²) >= 11 is 0. The minimum atomic E-state index is 0.726. The molecular formula is C23H36N2. The van der Waals surface area contributed by atoms with Crippen LogP contribution in [0, 0.1) is 11.8 Å². The molecule has 3 aliphatic rings. The van der Waals surface area contributed by atoms with Crippen molar-refractivity contribution < 1.29 is 0 Å². The third kappa shape index (κ3) is 4.46. The smallest absolute Gasteiger partial charge is 0.0253 e. The Balaban J connectivity index is 1.46. The van der Waals surface area contributed by atoms with Crippen LogP contribution in [0.15, 0.2) is 30.3 Å². The Morgan fingerprint density at radius 1 is 0.800 bits per heavy atom. The van der Waals surface area contributed by atoms with Crippen molar-refractivity contribution >= 4 is 0 Å². The molecule has 2 saturated carbocycles. The van der Waals surface area contributed by atoms with E-state index >= 15 is 0 Å². The van der Waals surface area contributed by atoms with Crippen LogP contribution >= 0.6 is 0 Å². The van der Waals surface area contributed by atoms with Gasteiger partial charge in [-0.3, -0.25) is 4.90 Å². The van der Waals surface area contributed by atoms with Crippen LogP contribution < -0.4 is 5.32 Å². The summed E-state index contributed by atoms with van der Waals surface area (Å²) in [6, 6.07) is 12.7. The van der Waals surface area contributed by atoms with E-state index in [2.05, 4.69) is 40.5 Å². The van der Waals surface area contributed by atoms with Crippen molar-refractivity contribution in [3.63, 3.8) is 0 Å². The van der Waals surface area contributed by atoms with Gasteiger partial charge >= 0.3 is 0 Å². The van der Waals surface area contributed by atoms with Gasteiger partial charge in [-0.1, -0.05) is 68.9 Å². The van der Waals surface area contributed by atoms with Crippen molar-refractivity contribution in [3.05, 3.63) is 35.9 Å². The molecule has 1 N–H and O–H groups in total. The molecule has 0 spiro atoms. The van der Waals surface area contributed by atoms with Gasteiger partial charge in [0.05, 0.1) is 0 Å². The number of rotatable bonds is 4. The number of hydrogen-bond acceptors (Lipinski definition) is 2. The highest BCUT2D eigenvalue weighted by Crippen LogP contribution is 2.34. The quantitative estimate of drug-likeness (QED) is 0.830. The summed E-state index contributed by atoms with van der Waals surface area (Å²) in [6.07, 6.45) is 14.5. The third-order valence-electron chi connectivity index (χ3n) is 7.13. The average molecular weight is 341 g/mol. The first kappa shape index (κ1) is 17.5. The molecule has 138 valence electrons. The number of piperazine rings is 1. The number of nitrogens with one attached hydrogen (secondary N) is 1. The lowest BCUT2D eigenvalue weighted by atomic mass is 9.79. The van der Waals surface area contributed by atoms with Crippen LogP contribution in [0.3, 0.4) is 0 Å². The summed E-state index contributed by atoms with van der Waals surface area (Å²) in [4.78, 5) is 2.86. The van der Waals surface area contributed by atoms with E-state index in [9.17, 15) is 0 Å². The zero-order valence-electron chi connectivity index (χ0n) is 15.8. The maximum atomic E-state index is 4.01. The Morgan fingerprint density at radius 2 is 1.44 bits per heavy atom. The fraction of sp³-hybridized carbons (Fsp3) is 0.739. The molecule has 2 heteroatoms. The molecule has 1 heterocycles. The van der Waals surface area contributed by atoms with Crippen molar-refractivity contribution in [2.24, 2.45) is 11.8 Å². The van der Waals surface area contributed by atoms with Crippen LogP contribution in [-0.2, 0) is 6.54 Å². The van der Waals surface area contributed by atoms with E-state index in [-0.39, 0.29) is 0 Å². The lowest BCUT2D eigenvalue weighted by Crippen LogP contribution is -2.60. The van der Waals surface area contributed by atoms with Gasteiger partial charge in [-0.25, -0.2) is 0 Å². The molecule has 2 unspecified atom stereocenters. The number of benzene rings is 1. The Hall–Kier alpha value is -0.860. The minimum absolute atomic E-state index is 0.726. The van der Waals surface area contributed by atoms with Gasteiger partial charge < -0.3 is 5.32 Å². The molecule has 2 nitrogen and oxygen atoms in total. The summed E-state index contributed by atoms with van der Waals surface area (Å²) in [6.45, 7) is 3.63. The van der Waals surface area contributed by atoms with E-state index in [1.165, 1.54) is 82.9 Å². The molecule has 1 aliphatic heterocycles.